The molecule has 3 saturated heterocycles. The Morgan fingerprint density at radius 2 is 1.65 bits per heavy atom. The third kappa shape index (κ3) is 10.6. The monoisotopic (exact) mass is 827 g/mol. The van der Waals surface area contributed by atoms with Crippen molar-refractivity contribution in [3.63, 3.8) is 0 Å². The highest BCUT2D eigenvalue weighted by molar-refractivity contribution is 5.84. The lowest BCUT2D eigenvalue weighted by Crippen LogP contribution is -2.51. The van der Waals surface area contributed by atoms with E-state index in [9.17, 15) is 41.4 Å². The molecule has 0 aromatic carbocycles. The van der Waals surface area contributed by atoms with Crippen LogP contribution in [-0.2, 0) is 20.9 Å². The molecule has 3 aromatic heterocycles. The molecule has 6 atom stereocenters. The number of aliphatic hydroxyl groups is 2. The van der Waals surface area contributed by atoms with Gasteiger partial charge in [-0.2, -0.15) is 41.1 Å². The predicted octanol–water partition coefficient (Wildman–Crippen LogP) is 1.01. The van der Waals surface area contributed by atoms with Crippen molar-refractivity contribution in [2.45, 2.75) is 108 Å². The number of anilines is 2. The Hall–Kier alpha value is -5.15. The average molecular weight is 828 g/mol. The number of carbonyl (C=O) groups is 3. The second-order valence-corrected chi connectivity index (χ2v) is 13.0. The van der Waals surface area contributed by atoms with E-state index in [0.29, 0.717) is 42.6 Å². The molecular weight excluding hydrogens is 784 g/mol. The van der Waals surface area contributed by atoms with Crippen LogP contribution < -0.4 is 21.3 Å². The highest BCUT2D eigenvalue weighted by Crippen LogP contribution is 2.39. The van der Waals surface area contributed by atoms with Gasteiger partial charge < -0.3 is 51.3 Å². The topological polar surface area (TPSA) is 285 Å². The summed E-state index contributed by atoms with van der Waals surface area (Å²) < 4.78 is 71.2. The van der Waals surface area contributed by atoms with Crippen molar-refractivity contribution in [3.8, 4) is 0 Å². The number of nitrogens with two attached hydrogens (primary N) is 1. The van der Waals surface area contributed by atoms with Crippen LogP contribution in [0.25, 0.3) is 11.2 Å². The Morgan fingerprint density at radius 1 is 1.02 bits per heavy atom. The highest BCUT2D eigenvalue weighted by Gasteiger charge is 2.47. The zero-order chi connectivity index (χ0) is 42.4. The minimum Gasteiger partial charge on any atom is -0.475 e. The number of alkyl halides is 6. The maximum Gasteiger partial charge on any atom is 0.490 e. The van der Waals surface area contributed by atoms with Crippen molar-refractivity contribution < 1.29 is 65.9 Å². The van der Waals surface area contributed by atoms with Gasteiger partial charge in [-0.1, -0.05) is 13.8 Å². The average Bonchev–Trinajstić information content (AvgIpc) is 3.99. The van der Waals surface area contributed by atoms with E-state index in [1.165, 1.54) is 11.1 Å². The van der Waals surface area contributed by atoms with Gasteiger partial charge in [0.1, 0.15) is 12.2 Å². The lowest BCUT2D eigenvalue weighted by atomic mass is 10.1. The number of nitrogens with one attached hydrogen (secondary N) is 2. The number of halogens is 6. The lowest BCUT2D eigenvalue weighted by molar-refractivity contribution is -0.193. The number of amides is 2. The Morgan fingerprint density at radius 3 is 2.16 bits per heavy atom. The van der Waals surface area contributed by atoms with Crippen molar-refractivity contribution in [2.75, 3.05) is 36.4 Å². The lowest BCUT2D eigenvalue weighted by Gasteiger charge is -2.32. The molecule has 2 amide bonds. The molecule has 0 unspecified atom stereocenters. The third-order valence-corrected chi connectivity index (χ3v) is 9.26. The number of urea groups is 1. The largest absolute Gasteiger partial charge is 0.490 e. The van der Waals surface area contributed by atoms with Crippen molar-refractivity contribution in [2.24, 2.45) is 5.73 Å². The minimum atomic E-state index is -5.08. The number of carboxylic acid groups (broad SMARTS) is 2. The molecule has 3 aliphatic heterocycles. The van der Waals surface area contributed by atoms with Crippen LogP contribution in [0.15, 0.2) is 6.33 Å². The predicted molar refractivity (Wildman–Crippen MR) is 182 cm³/mol. The molecule has 318 valence electrons. The van der Waals surface area contributed by atoms with Crippen LogP contribution in [0.4, 0.5) is 42.9 Å². The molecule has 3 aliphatic rings. The highest BCUT2D eigenvalue weighted by atomic mass is 19.4. The Bertz CT molecular complexity index is 1810. The van der Waals surface area contributed by atoms with Gasteiger partial charge in [0.05, 0.1) is 18.9 Å². The molecule has 6 heterocycles. The van der Waals surface area contributed by atoms with Crippen LogP contribution in [0.2, 0.25) is 0 Å². The van der Waals surface area contributed by atoms with Crippen molar-refractivity contribution in [3.05, 3.63) is 12.2 Å². The van der Waals surface area contributed by atoms with Crippen molar-refractivity contribution in [1.82, 2.24) is 49.9 Å². The summed E-state index contributed by atoms with van der Waals surface area (Å²) >= 11 is 0. The van der Waals surface area contributed by atoms with E-state index in [1.807, 2.05) is 6.92 Å². The van der Waals surface area contributed by atoms with Crippen molar-refractivity contribution >= 4 is 40.9 Å². The van der Waals surface area contributed by atoms with Gasteiger partial charge in [0, 0.05) is 31.7 Å². The molecule has 8 N–H and O–H groups in total. The number of aromatic nitrogens is 8. The van der Waals surface area contributed by atoms with Gasteiger partial charge in [-0.15, -0.1) is 10.2 Å². The fraction of sp³-hybridized carbons (Fsp3) is 0.700. The normalized spacial score (nSPS) is 23.5. The number of tetrazole rings is 1. The maximum atomic E-state index is 12.5. The number of primary amides is 1. The summed E-state index contributed by atoms with van der Waals surface area (Å²) in [6, 6.07) is -0.260. The standard InChI is InChI=1S/C26H41N13O4.2C2HF3O2/c1-4-14(5-2)30-21-17-23(32-26(31-21)36-10-8-16(12-36)39(25(27)42)15-7-9-28-11-15)37(13-29-17)24-19(41)18(40)20(43-24)22-33-35-38(6-3)34-22;2*3-2(4,5)1(6)7/h13-16,18-20,24,28,40-41H,4-12H2,1-3H3,(H2,27,42)(H,30,31,32);2*(H,6,7)/t15-,16-,18+,19-,20+,24-;;/m1../s1. The molecule has 27 heteroatoms. The Balaban J connectivity index is 0.000000440. The van der Waals surface area contributed by atoms with Gasteiger partial charge in [0.15, 0.2) is 29.3 Å². The molecule has 57 heavy (non-hydrogen) atoms. The summed E-state index contributed by atoms with van der Waals surface area (Å²) in [5.41, 5.74) is 6.80. The molecule has 0 radical (unpaired) electrons. The first kappa shape index (κ1) is 44.6. The van der Waals surface area contributed by atoms with Gasteiger partial charge in [0.25, 0.3) is 0 Å². The minimum absolute atomic E-state index is 0.0631. The van der Waals surface area contributed by atoms with Gasteiger partial charge in [0.2, 0.25) is 11.8 Å². The molecule has 6 rings (SSSR count). The fourth-order valence-electron chi connectivity index (χ4n) is 6.31. The quantitative estimate of drug-likeness (QED) is 0.140. The molecule has 3 fully saturated rings. The van der Waals surface area contributed by atoms with Gasteiger partial charge >= 0.3 is 30.3 Å². The van der Waals surface area contributed by atoms with E-state index < -0.39 is 54.9 Å². The zero-order valence-corrected chi connectivity index (χ0v) is 30.7. The SMILES string of the molecule is CCC(CC)Nc1nc(N2CC[C@@H](N(C(N)=O)[C@@H]3CCNC3)C2)nc2c1ncn2[C@@H]1O[C@H](c2nnn(CC)n2)[C@@H](O)[C@H]1O.O=C(O)C(F)(F)F.O=C(O)C(F)(F)F. The van der Waals surface area contributed by atoms with Crippen LogP contribution in [-0.4, -0.2) is 152 Å². The Labute approximate surface area is 319 Å². The van der Waals surface area contributed by atoms with E-state index in [1.54, 1.807) is 9.47 Å². The summed E-state index contributed by atoms with van der Waals surface area (Å²) in [7, 11) is 0. The van der Waals surface area contributed by atoms with E-state index >= 15 is 0 Å². The third-order valence-electron chi connectivity index (χ3n) is 9.26. The molecule has 0 spiro atoms. The maximum absolute atomic E-state index is 12.5. The van der Waals surface area contributed by atoms with E-state index in [4.69, 9.17) is 40.2 Å². The number of aliphatic carboxylic acids is 2. The number of carboxylic acids is 2. The number of hydrogen-bond acceptors (Lipinski definition) is 15. The van der Waals surface area contributed by atoms with Crippen LogP contribution in [0, 0.1) is 0 Å². The van der Waals surface area contributed by atoms with E-state index in [0.717, 1.165) is 38.8 Å². The van der Waals surface area contributed by atoms with Gasteiger partial charge in [-0.05, 0) is 44.4 Å². The smallest absolute Gasteiger partial charge is 0.475 e. The number of nitrogens with zero attached hydrogens (tertiary/aromatic N) is 10. The molecule has 21 nitrogen and oxygen atoms in total. The summed E-state index contributed by atoms with van der Waals surface area (Å²) in [5, 5.41) is 55.3. The zero-order valence-electron chi connectivity index (χ0n) is 30.7. The number of imidazole rings is 1. The first-order valence-electron chi connectivity index (χ1n) is 17.7. The van der Waals surface area contributed by atoms with Crippen LogP contribution in [0.5, 0.6) is 0 Å². The number of ether oxygens (including phenoxy) is 1. The fourth-order valence-corrected chi connectivity index (χ4v) is 6.31. The Kier molecular flexibility index (Phi) is 14.4. The first-order valence-corrected chi connectivity index (χ1v) is 17.7. The van der Waals surface area contributed by atoms with Gasteiger partial charge in [-0.3, -0.25) is 4.57 Å². The number of carbonyl (C=O) groups excluding carboxylic acids is 1. The molecule has 0 bridgehead atoms. The number of aliphatic hydroxyl groups excluding tert-OH is 2. The summed E-state index contributed by atoms with van der Waals surface area (Å²) in [4.78, 5) is 49.9. The summed E-state index contributed by atoms with van der Waals surface area (Å²) in [6.07, 6.45) is -9.83. The second-order valence-electron chi connectivity index (χ2n) is 13.0. The van der Waals surface area contributed by atoms with Crippen LogP contribution in [0.3, 0.4) is 0 Å². The summed E-state index contributed by atoms with van der Waals surface area (Å²) in [6.45, 7) is 9.35. The van der Waals surface area contributed by atoms with Crippen LogP contribution in [0.1, 0.15) is 64.6 Å². The number of hydrogen-bond donors (Lipinski definition) is 7. The van der Waals surface area contributed by atoms with Crippen LogP contribution >= 0.6 is 0 Å². The second kappa shape index (κ2) is 18.4. The van der Waals surface area contributed by atoms with E-state index in [-0.39, 0.29) is 23.9 Å². The first-order chi connectivity index (χ1) is 26.7. The van der Waals surface area contributed by atoms with Gasteiger partial charge in [-0.25, -0.2) is 19.4 Å². The number of fused-ring (bicyclic) bond motifs is 1. The summed E-state index contributed by atoms with van der Waals surface area (Å²) in [5.74, 6) is -4.29. The number of rotatable bonds is 10. The molecule has 0 saturated carbocycles. The molecule has 3 aromatic rings. The molecular formula is C30H43F6N13O8. The van der Waals surface area contributed by atoms with E-state index in [2.05, 4.69) is 49.8 Å². The van der Waals surface area contributed by atoms with Crippen molar-refractivity contribution in [1.29, 1.82) is 0 Å². The number of aryl methyl sites for hydroxylation is 1. The molecule has 0 aliphatic carbocycles.